The van der Waals surface area contributed by atoms with E-state index in [2.05, 4.69) is 4.74 Å². The molecule has 0 spiro atoms. The van der Waals surface area contributed by atoms with Crippen LogP contribution in [0.25, 0.3) is 0 Å². The molecular formula is C7H10O9. The second-order valence-electron chi connectivity index (χ2n) is 3.30. The Bertz CT molecular complexity index is 315. The van der Waals surface area contributed by atoms with E-state index in [0.717, 1.165) is 0 Å². The fourth-order valence-electron chi connectivity index (χ4n) is 1.30. The molecule has 0 radical (unpaired) electrons. The van der Waals surface area contributed by atoms with Crippen molar-refractivity contribution in [3.05, 3.63) is 0 Å². The van der Waals surface area contributed by atoms with Crippen molar-refractivity contribution in [2.75, 3.05) is 0 Å². The molecule has 5 atom stereocenters. The van der Waals surface area contributed by atoms with Gasteiger partial charge >= 0.3 is 11.9 Å². The molecule has 6 N–H and O–H groups in total. The van der Waals surface area contributed by atoms with Crippen LogP contribution in [-0.2, 0) is 14.3 Å². The molecule has 0 bridgehead atoms. The van der Waals surface area contributed by atoms with Crippen molar-refractivity contribution in [1.29, 1.82) is 0 Å². The van der Waals surface area contributed by atoms with Crippen LogP contribution < -0.4 is 0 Å². The van der Waals surface area contributed by atoms with E-state index in [1.54, 1.807) is 0 Å². The van der Waals surface area contributed by atoms with E-state index in [9.17, 15) is 30.0 Å². The Kier molecular flexibility index (Phi) is 3.17. The first-order valence-electron chi connectivity index (χ1n) is 4.12. The van der Waals surface area contributed by atoms with Crippen LogP contribution in [0.4, 0.5) is 0 Å². The molecule has 1 unspecified atom stereocenters. The quantitative estimate of drug-likeness (QED) is 0.284. The molecule has 1 fully saturated rings. The Morgan fingerprint density at radius 3 is 1.94 bits per heavy atom. The Labute approximate surface area is 88.1 Å². The summed E-state index contributed by atoms with van der Waals surface area (Å²) in [5, 5.41) is 53.9. The Morgan fingerprint density at radius 1 is 1.06 bits per heavy atom. The summed E-state index contributed by atoms with van der Waals surface area (Å²) >= 11 is 0. The highest BCUT2D eigenvalue weighted by Gasteiger charge is 2.59. The zero-order valence-electron chi connectivity index (χ0n) is 7.72. The summed E-state index contributed by atoms with van der Waals surface area (Å²) in [6, 6.07) is 0. The van der Waals surface area contributed by atoms with Gasteiger partial charge in [0, 0.05) is 0 Å². The van der Waals surface area contributed by atoms with Gasteiger partial charge in [-0.2, -0.15) is 0 Å². The number of aliphatic carboxylic acids is 2. The fraction of sp³-hybridized carbons (Fsp3) is 0.714. The van der Waals surface area contributed by atoms with Crippen molar-refractivity contribution in [1.82, 2.24) is 0 Å². The molecule has 1 rings (SSSR count). The van der Waals surface area contributed by atoms with E-state index in [1.807, 2.05) is 0 Å². The molecule has 1 heterocycles. The minimum absolute atomic E-state index is 1.78. The minimum Gasteiger partial charge on any atom is -0.479 e. The van der Waals surface area contributed by atoms with Gasteiger partial charge in [-0.15, -0.1) is 0 Å². The molecule has 0 saturated carbocycles. The standard InChI is InChI=1S/C7H10O9/c8-1-2(9)4(10)7(15,6(13)14)16-3(1)5(11)12/h1-4,8-10,15H,(H,11,12)(H,13,14)/t1-,2-,3-,4+,7?/m0/s1. The predicted octanol–water partition coefficient (Wildman–Crippen LogP) is -3.67. The van der Waals surface area contributed by atoms with Crippen molar-refractivity contribution < 1.29 is 45.0 Å². The van der Waals surface area contributed by atoms with Gasteiger partial charge in [0.2, 0.25) is 0 Å². The van der Waals surface area contributed by atoms with Crippen LogP contribution in [0, 0.1) is 0 Å². The second-order valence-corrected chi connectivity index (χ2v) is 3.30. The van der Waals surface area contributed by atoms with Gasteiger partial charge in [-0.25, -0.2) is 9.59 Å². The number of aliphatic hydroxyl groups is 4. The monoisotopic (exact) mass is 238 g/mol. The van der Waals surface area contributed by atoms with Crippen LogP contribution in [0.1, 0.15) is 0 Å². The van der Waals surface area contributed by atoms with Gasteiger partial charge in [0.15, 0.2) is 6.10 Å². The third-order valence-corrected chi connectivity index (χ3v) is 2.24. The first-order valence-corrected chi connectivity index (χ1v) is 4.12. The van der Waals surface area contributed by atoms with E-state index < -0.39 is 42.1 Å². The molecule has 0 amide bonds. The maximum absolute atomic E-state index is 10.6. The van der Waals surface area contributed by atoms with Crippen LogP contribution in [0.3, 0.4) is 0 Å². The smallest absolute Gasteiger partial charge is 0.367 e. The van der Waals surface area contributed by atoms with Gasteiger partial charge in [-0.1, -0.05) is 0 Å². The maximum atomic E-state index is 10.6. The van der Waals surface area contributed by atoms with Gasteiger partial charge in [0.1, 0.15) is 18.3 Å². The molecular weight excluding hydrogens is 228 g/mol. The second kappa shape index (κ2) is 3.96. The van der Waals surface area contributed by atoms with Crippen molar-refractivity contribution >= 4 is 11.9 Å². The summed E-state index contributed by atoms with van der Waals surface area (Å²) in [4.78, 5) is 21.1. The highest BCUT2D eigenvalue weighted by Crippen LogP contribution is 2.28. The van der Waals surface area contributed by atoms with E-state index >= 15 is 0 Å². The van der Waals surface area contributed by atoms with E-state index in [1.165, 1.54) is 0 Å². The van der Waals surface area contributed by atoms with E-state index in [-0.39, 0.29) is 0 Å². The van der Waals surface area contributed by atoms with Gasteiger partial charge in [-0.3, -0.25) is 0 Å². The third kappa shape index (κ3) is 1.74. The van der Waals surface area contributed by atoms with Gasteiger partial charge < -0.3 is 35.4 Å². The Morgan fingerprint density at radius 2 is 1.56 bits per heavy atom. The molecule has 9 heteroatoms. The van der Waals surface area contributed by atoms with Crippen LogP contribution >= 0.6 is 0 Å². The zero-order chi connectivity index (χ0) is 12.7. The largest absolute Gasteiger partial charge is 0.479 e. The number of carbonyl (C=O) groups is 2. The average molecular weight is 238 g/mol. The lowest BCUT2D eigenvalue weighted by Gasteiger charge is -2.41. The molecule has 0 aromatic heterocycles. The highest BCUT2D eigenvalue weighted by atomic mass is 16.7. The van der Waals surface area contributed by atoms with Crippen molar-refractivity contribution in [2.45, 2.75) is 30.2 Å². The van der Waals surface area contributed by atoms with Crippen molar-refractivity contribution in [3.8, 4) is 0 Å². The van der Waals surface area contributed by atoms with Crippen molar-refractivity contribution in [2.24, 2.45) is 0 Å². The number of hydrogen-bond acceptors (Lipinski definition) is 7. The number of hydrogen-bond donors (Lipinski definition) is 6. The average Bonchev–Trinajstić information content (AvgIpc) is 2.19. The number of rotatable bonds is 2. The van der Waals surface area contributed by atoms with Crippen LogP contribution in [-0.4, -0.2) is 72.8 Å². The minimum atomic E-state index is -3.28. The van der Waals surface area contributed by atoms with E-state index in [0.29, 0.717) is 0 Å². The molecule has 0 aliphatic carbocycles. The molecule has 1 saturated heterocycles. The zero-order valence-corrected chi connectivity index (χ0v) is 7.72. The van der Waals surface area contributed by atoms with E-state index in [4.69, 9.17) is 10.2 Å². The lowest BCUT2D eigenvalue weighted by atomic mass is 9.92. The number of carboxylic acids is 2. The summed E-state index contributed by atoms with van der Waals surface area (Å²) in [5.74, 6) is -7.13. The van der Waals surface area contributed by atoms with Gasteiger partial charge in [-0.05, 0) is 0 Å². The van der Waals surface area contributed by atoms with Crippen LogP contribution in [0.2, 0.25) is 0 Å². The summed E-state index contributed by atoms with van der Waals surface area (Å²) in [6.45, 7) is 0. The topological polar surface area (TPSA) is 165 Å². The molecule has 1 aliphatic heterocycles. The van der Waals surface area contributed by atoms with Crippen LogP contribution in [0.15, 0.2) is 0 Å². The number of ether oxygens (including phenoxy) is 1. The number of carboxylic acid groups (broad SMARTS) is 2. The first-order chi connectivity index (χ1) is 7.21. The highest BCUT2D eigenvalue weighted by molar-refractivity contribution is 5.79. The molecule has 0 aromatic carbocycles. The maximum Gasteiger partial charge on any atom is 0.367 e. The Balaban J connectivity index is 3.08. The summed E-state index contributed by atoms with van der Waals surface area (Å²) in [6.07, 6.45) is -8.72. The Hall–Kier alpha value is -1.26. The van der Waals surface area contributed by atoms with Crippen molar-refractivity contribution in [3.63, 3.8) is 0 Å². The van der Waals surface area contributed by atoms with Gasteiger partial charge in [0.05, 0.1) is 0 Å². The molecule has 92 valence electrons. The third-order valence-electron chi connectivity index (χ3n) is 2.24. The summed E-state index contributed by atoms with van der Waals surface area (Å²) < 4.78 is 4.19. The molecule has 1 aliphatic rings. The first kappa shape index (κ1) is 12.8. The molecule has 16 heavy (non-hydrogen) atoms. The van der Waals surface area contributed by atoms with Crippen LogP contribution in [0.5, 0.6) is 0 Å². The SMILES string of the molecule is O=C(O)[C@H]1OC(O)(C(=O)O)[C@H](O)[C@@H](O)[C@@H]1O. The number of aliphatic hydroxyl groups excluding tert-OH is 3. The lowest BCUT2D eigenvalue weighted by Crippen LogP contribution is -2.68. The fourth-order valence-corrected chi connectivity index (χ4v) is 1.30. The lowest BCUT2D eigenvalue weighted by molar-refractivity contribution is -0.330. The molecule has 0 aromatic rings. The van der Waals surface area contributed by atoms with Gasteiger partial charge in [0.25, 0.3) is 5.79 Å². The predicted molar refractivity (Wildman–Crippen MR) is 43.1 cm³/mol. The summed E-state index contributed by atoms with van der Waals surface area (Å²) in [5.41, 5.74) is 0. The summed E-state index contributed by atoms with van der Waals surface area (Å²) in [7, 11) is 0. The molecule has 9 nitrogen and oxygen atoms in total. The normalized spacial score (nSPS) is 44.0.